The van der Waals surface area contributed by atoms with Crippen LogP contribution in [0, 0.1) is 20.8 Å². The minimum atomic E-state index is -0.423. The van der Waals surface area contributed by atoms with Gasteiger partial charge in [0, 0.05) is 19.6 Å². The number of ether oxygens (including phenoxy) is 1. The average Bonchev–Trinajstić information content (AvgIpc) is 2.25. The molecule has 0 amide bonds. The molecule has 1 N–H and O–H groups in total. The molecule has 3 nitrogen and oxygen atoms in total. The molecule has 0 radical (unpaired) electrons. The molecule has 1 aromatic rings. The van der Waals surface area contributed by atoms with Gasteiger partial charge in [-0.3, -0.25) is 4.90 Å². The fraction of sp³-hybridized carbons (Fsp3) is 0.647. The zero-order valence-electron chi connectivity index (χ0n) is 13.3. The van der Waals surface area contributed by atoms with Crippen molar-refractivity contribution >= 4 is 0 Å². The molecule has 2 rings (SSSR count). The lowest BCUT2D eigenvalue weighted by Crippen LogP contribution is -2.46. The second kappa shape index (κ2) is 6.25. The van der Waals surface area contributed by atoms with E-state index in [1.54, 1.807) is 0 Å². The molecule has 1 saturated heterocycles. The molecular weight excluding hydrogens is 250 g/mol. The van der Waals surface area contributed by atoms with Gasteiger partial charge in [-0.15, -0.1) is 0 Å². The number of morpholine rings is 1. The maximum Gasteiger partial charge on any atom is 0.0922 e. The zero-order valence-corrected chi connectivity index (χ0v) is 13.3. The highest BCUT2D eigenvalue weighted by Gasteiger charge is 2.25. The third kappa shape index (κ3) is 3.60. The molecule has 0 bridgehead atoms. The van der Waals surface area contributed by atoms with Crippen molar-refractivity contribution in [3.05, 3.63) is 34.4 Å². The minimum Gasteiger partial charge on any atom is -0.387 e. The van der Waals surface area contributed by atoms with Crippen LogP contribution in [0.2, 0.25) is 0 Å². The van der Waals surface area contributed by atoms with E-state index in [1.165, 1.54) is 16.7 Å². The molecule has 3 heteroatoms. The van der Waals surface area contributed by atoms with Crippen LogP contribution in [0.4, 0.5) is 0 Å². The highest BCUT2D eigenvalue weighted by atomic mass is 16.5. The van der Waals surface area contributed by atoms with Crippen molar-refractivity contribution in [2.24, 2.45) is 0 Å². The predicted molar refractivity (Wildman–Crippen MR) is 82.1 cm³/mol. The molecule has 3 unspecified atom stereocenters. The highest BCUT2D eigenvalue weighted by Crippen LogP contribution is 2.25. The number of β-amino-alcohol motifs (C(OH)–C–C–N with tert-alkyl or cyclic N) is 1. The first-order chi connectivity index (χ1) is 9.36. The number of hydrogen-bond donors (Lipinski definition) is 1. The summed E-state index contributed by atoms with van der Waals surface area (Å²) in [6.45, 7) is 12.9. The van der Waals surface area contributed by atoms with Crippen molar-refractivity contribution in [2.45, 2.75) is 52.9 Å². The van der Waals surface area contributed by atoms with Crippen molar-refractivity contribution in [3.63, 3.8) is 0 Å². The third-order valence-corrected chi connectivity index (χ3v) is 4.00. The Balaban J connectivity index is 2.10. The van der Waals surface area contributed by atoms with E-state index in [0.717, 1.165) is 18.7 Å². The van der Waals surface area contributed by atoms with E-state index >= 15 is 0 Å². The second-order valence-corrected chi connectivity index (χ2v) is 6.30. The molecule has 3 atom stereocenters. The molecule has 0 spiro atoms. The SMILES string of the molecule is Cc1cc(C)c(C(O)CN2CC(C)OC(C)C2)c(C)c1. The van der Waals surface area contributed by atoms with Gasteiger partial charge in [0.2, 0.25) is 0 Å². The Morgan fingerprint density at radius 2 is 1.65 bits per heavy atom. The summed E-state index contributed by atoms with van der Waals surface area (Å²) in [4.78, 5) is 2.31. The van der Waals surface area contributed by atoms with Gasteiger partial charge in [-0.05, 0) is 51.3 Å². The van der Waals surface area contributed by atoms with Crippen molar-refractivity contribution in [3.8, 4) is 0 Å². The molecule has 0 aliphatic carbocycles. The summed E-state index contributed by atoms with van der Waals surface area (Å²) in [5, 5.41) is 10.6. The first kappa shape index (κ1) is 15.5. The number of hydrogen-bond acceptors (Lipinski definition) is 3. The van der Waals surface area contributed by atoms with Crippen molar-refractivity contribution in [1.29, 1.82) is 0 Å². The molecule has 20 heavy (non-hydrogen) atoms. The molecule has 1 fully saturated rings. The fourth-order valence-electron chi connectivity index (χ4n) is 3.49. The fourth-order valence-corrected chi connectivity index (χ4v) is 3.49. The highest BCUT2D eigenvalue weighted by molar-refractivity contribution is 5.39. The topological polar surface area (TPSA) is 32.7 Å². The van der Waals surface area contributed by atoms with Crippen LogP contribution in [0.15, 0.2) is 12.1 Å². The van der Waals surface area contributed by atoms with Crippen LogP contribution in [0.5, 0.6) is 0 Å². The van der Waals surface area contributed by atoms with E-state index in [4.69, 9.17) is 4.74 Å². The number of benzene rings is 1. The lowest BCUT2D eigenvalue weighted by atomic mass is 9.95. The molecule has 1 aromatic carbocycles. The van der Waals surface area contributed by atoms with Crippen LogP contribution in [-0.4, -0.2) is 41.8 Å². The Hall–Kier alpha value is -0.900. The van der Waals surface area contributed by atoms with Crippen LogP contribution in [0.3, 0.4) is 0 Å². The first-order valence-electron chi connectivity index (χ1n) is 7.50. The van der Waals surface area contributed by atoms with Crippen LogP contribution in [0.1, 0.15) is 42.2 Å². The summed E-state index contributed by atoms with van der Waals surface area (Å²) in [6, 6.07) is 4.30. The summed E-state index contributed by atoms with van der Waals surface area (Å²) in [7, 11) is 0. The van der Waals surface area contributed by atoms with Crippen LogP contribution in [-0.2, 0) is 4.74 Å². The summed E-state index contributed by atoms with van der Waals surface area (Å²) in [6.07, 6.45) is 0.0606. The van der Waals surface area contributed by atoms with E-state index in [0.29, 0.717) is 6.54 Å². The molecule has 1 aliphatic rings. The van der Waals surface area contributed by atoms with E-state index < -0.39 is 6.10 Å². The number of rotatable bonds is 3. The maximum absolute atomic E-state index is 10.6. The smallest absolute Gasteiger partial charge is 0.0922 e. The Labute approximate surface area is 122 Å². The van der Waals surface area contributed by atoms with Gasteiger partial charge < -0.3 is 9.84 Å². The van der Waals surface area contributed by atoms with E-state index in [2.05, 4.69) is 51.7 Å². The Bertz CT molecular complexity index is 439. The van der Waals surface area contributed by atoms with Crippen molar-refractivity contribution < 1.29 is 9.84 Å². The summed E-state index contributed by atoms with van der Waals surface area (Å²) >= 11 is 0. The maximum atomic E-state index is 10.6. The normalized spacial score (nSPS) is 25.7. The molecule has 1 aliphatic heterocycles. The number of aliphatic hydroxyl groups excluding tert-OH is 1. The van der Waals surface area contributed by atoms with Gasteiger partial charge in [-0.25, -0.2) is 0 Å². The van der Waals surface area contributed by atoms with Gasteiger partial charge in [0.15, 0.2) is 0 Å². The summed E-state index contributed by atoms with van der Waals surface area (Å²) in [5.41, 5.74) is 4.71. The van der Waals surface area contributed by atoms with E-state index in [1.807, 2.05) is 0 Å². The van der Waals surface area contributed by atoms with Gasteiger partial charge in [-0.2, -0.15) is 0 Å². The molecule has 112 valence electrons. The number of aliphatic hydroxyl groups is 1. The summed E-state index contributed by atoms with van der Waals surface area (Å²) < 4.78 is 5.74. The Morgan fingerprint density at radius 3 is 2.15 bits per heavy atom. The third-order valence-electron chi connectivity index (χ3n) is 4.00. The monoisotopic (exact) mass is 277 g/mol. The van der Waals surface area contributed by atoms with Crippen molar-refractivity contribution in [2.75, 3.05) is 19.6 Å². The minimum absolute atomic E-state index is 0.242. The second-order valence-electron chi connectivity index (χ2n) is 6.30. The standard InChI is InChI=1S/C17H27NO2/c1-11-6-12(2)17(13(3)7-11)16(19)10-18-8-14(4)20-15(5)9-18/h6-7,14-16,19H,8-10H2,1-5H3. The largest absolute Gasteiger partial charge is 0.387 e. The zero-order chi connectivity index (χ0) is 14.9. The molecule has 1 heterocycles. The lowest BCUT2D eigenvalue weighted by Gasteiger charge is -2.36. The van der Waals surface area contributed by atoms with Crippen LogP contribution < -0.4 is 0 Å². The van der Waals surface area contributed by atoms with Gasteiger partial charge in [0.25, 0.3) is 0 Å². The summed E-state index contributed by atoms with van der Waals surface area (Å²) in [5.74, 6) is 0. The lowest BCUT2D eigenvalue weighted by molar-refractivity contribution is -0.0767. The van der Waals surface area contributed by atoms with E-state index in [9.17, 15) is 5.11 Å². The average molecular weight is 277 g/mol. The number of nitrogens with zero attached hydrogens (tertiary/aromatic N) is 1. The Kier molecular flexibility index (Phi) is 4.84. The van der Waals surface area contributed by atoms with Gasteiger partial charge >= 0.3 is 0 Å². The number of aryl methyl sites for hydroxylation is 3. The van der Waals surface area contributed by atoms with Crippen molar-refractivity contribution in [1.82, 2.24) is 4.90 Å². The van der Waals surface area contributed by atoms with Gasteiger partial charge in [0.1, 0.15) is 0 Å². The quantitative estimate of drug-likeness (QED) is 0.922. The van der Waals surface area contributed by atoms with Crippen LogP contribution >= 0.6 is 0 Å². The van der Waals surface area contributed by atoms with Gasteiger partial charge in [-0.1, -0.05) is 17.7 Å². The Morgan fingerprint density at radius 1 is 1.15 bits per heavy atom. The molecular formula is C17H27NO2. The first-order valence-corrected chi connectivity index (χ1v) is 7.50. The van der Waals surface area contributed by atoms with E-state index in [-0.39, 0.29) is 12.2 Å². The van der Waals surface area contributed by atoms with Crippen LogP contribution in [0.25, 0.3) is 0 Å². The van der Waals surface area contributed by atoms with Gasteiger partial charge in [0.05, 0.1) is 18.3 Å². The predicted octanol–water partition coefficient (Wildman–Crippen LogP) is 2.75. The molecule has 0 saturated carbocycles. The molecule has 0 aromatic heterocycles.